The van der Waals surface area contributed by atoms with Crippen molar-refractivity contribution >= 4 is 18.0 Å². The van der Waals surface area contributed by atoms with Crippen LogP contribution in [0.15, 0.2) is 11.6 Å². The van der Waals surface area contributed by atoms with Crippen LogP contribution in [-0.2, 0) is 47.5 Å². The smallest absolute Gasteiger partial charge is 0.407 e. The van der Waals surface area contributed by atoms with Gasteiger partial charge in [-0.2, -0.15) is 0 Å². The van der Waals surface area contributed by atoms with Crippen LogP contribution in [0.2, 0.25) is 0 Å². The largest absolute Gasteiger partial charge is 0.481 e. The lowest BCUT2D eigenvalue weighted by Gasteiger charge is -2.58. The molecule has 4 aliphatic carbocycles. The van der Waals surface area contributed by atoms with Crippen LogP contribution in [0, 0.1) is 46.3 Å². The number of hydrogen-bond acceptors (Lipinski definition) is 11. The molecule has 3 N–H and O–H groups in total. The molecule has 0 aromatic carbocycles. The van der Waals surface area contributed by atoms with Crippen LogP contribution < -0.4 is 10.6 Å². The number of rotatable bonds is 33. The molecule has 2 amide bonds. The zero-order chi connectivity index (χ0) is 44.6. The summed E-state index contributed by atoms with van der Waals surface area (Å²) in [4.78, 5) is 34.5. The van der Waals surface area contributed by atoms with Crippen molar-refractivity contribution in [3.05, 3.63) is 11.6 Å². The summed E-state index contributed by atoms with van der Waals surface area (Å²) in [6.45, 7) is 19.3. The van der Waals surface area contributed by atoms with E-state index in [4.69, 9.17) is 43.0 Å². The second-order valence-electron chi connectivity index (χ2n) is 19.0. The molecule has 4 aliphatic rings. The second kappa shape index (κ2) is 28.6. The predicted octanol–water partition coefficient (Wildman–Crippen LogP) is 7.22. The first-order chi connectivity index (χ1) is 29.9. The molecule has 8 atom stereocenters. The van der Waals surface area contributed by atoms with Crippen molar-refractivity contribution in [2.24, 2.45) is 46.3 Å². The Morgan fingerprint density at radius 2 is 1.23 bits per heavy atom. The Morgan fingerprint density at radius 3 is 1.77 bits per heavy atom. The zero-order valence-corrected chi connectivity index (χ0v) is 39.1. The first-order valence-electron chi connectivity index (χ1n) is 24.1. The topological polar surface area (TPSA) is 169 Å². The van der Waals surface area contributed by atoms with E-state index in [9.17, 15) is 14.4 Å². The lowest BCUT2D eigenvalue weighted by Crippen LogP contribution is -2.51. The summed E-state index contributed by atoms with van der Waals surface area (Å²) < 4.78 is 44.4. The van der Waals surface area contributed by atoms with Crippen molar-refractivity contribution in [1.82, 2.24) is 10.6 Å². The Kier molecular flexibility index (Phi) is 24.1. The van der Waals surface area contributed by atoms with E-state index >= 15 is 0 Å². The molecule has 14 nitrogen and oxygen atoms in total. The van der Waals surface area contributed by atoms with Crippen molar-refractivity contribution in [2.75, 3.05) is 106 Å². The number of hydrogen-bond donors (Lipinski definition) is 3. The molecule has 4 rings (SSSR count). The van der Waals surface area contributed by atoms with Crippen LogP contribution in [0.4, 0.5) is 4.79 Å². The number of fused-ring (bicyclic) bond motifs is 5. The van der Waals surface area contributed by atoms with Crippen molar-refractivity contribution in [1.29, 1.82) is 0 Å². The van der Waals surface area contributed by atoms with Gasteiger partial charge in [0.2, 0.25) is 5.91 Å². The van der Waals surface area contributed by atoms with Crippen LogP contribution in [0.1, 0.15) is 118 Å². The molecule has 0 spiro atoms. The number of nitrogens with one attached hydrogen (secondary N) is 2. The van der Waals surface area contributed by atoms with E-state index in [1.165, 1.54) is 51.4 Å². The van der Waals surface area contributed by atoms with Gasteiger partial charge in [-0.1, -0.05) is 65.5 Å². The zero-order valence-electron chi connectivity index (χ0n) is 39.1. The third kappa shape index (κ3) is 17.6. The Labute approximate surface area is 372 Å². The fourth-order valence-corrected chi connectivity index (χ4v) is 11.2. The average molecular weight is 881 g/mol. The molecule has 0 saturated heterocycles. The van der Waals surface area contributed by atoms with E-state index in [0.717, 1.165) is 54.8 Å². The summed E-state index contributed by atoms with van der Waals surface area (Å²) in [7, 11) is 0. The number of alkyl carbamates (subject to hydrolysis) is 1. The minimum Gasteiger partial charge on any atom is -0.481 e. The molecule has 3 saturated carbocycles. The number of aliphatic carboxylic acids is 1. The van der Waals surface area contributed by atoms with E-state index in [1.54, 1.807) is 5.57 Å². The van der Waals surface area contributed by atoms with Crippen molar-refractivity contribution < 1.29 is 57.4 Å². The van der Waals surface area contributed by atoms with E-state index in [-0.39, 0.29) is 36.4 Å². The third-order valence-corrected chi connectivity index (χ3v) is 14.4. The molecule has 0 aromatic heterocycles. The highest BCUT2D eigenvalue weighted by molar-refractivity contribution is 5.80. The van der Waals surface area contributed by atoms with Crippen LogP contribution >= 0.6 is 0 Å². The Balaban J connectivity index is 0.912. The molecule has 3 fully saturated rings. The van der Waals surface area contributed by atoms with Gasteiger partial charge in [0.15, 0.2) is 0 Å². The summed E-state index contributed by atoms with van der Waals surface area (Å²) in [5, 5.41) is 14.0. The summed E-state index contributed by atoms with van der Waals surface area (Å²) in [6, 6.07) is 0. The minimum absolute atomic E-state index is 0.0360. The van der Waals surface area contributed by atoms with E-state index in [1.807, 2.05) is 0 Å². The number of carbonyl (C=O) groups is 3. The summed E-state index contributed by atoms with van der Waals surface area (Å²) in [5.41, 5.74) is 2.29. The first-order valence-corrected chi connectivity index (χ1v) is 24.1. The van der Waals surface area contributed by atoms with Crippen molar-refractivity contribution in [3.63, 3.8) is 0 Å². The molecular weight excluding hydrogens is 797 g/mol. The number of carboxylic acid groups (broad SMARTS) is 1. The van der Waals surface area contributed by atoms with Crippen molar-refractivity contribution in [2.45, 2.75) is 124 Å². The van der Waals surface area contributed by atoms with Gasteiger partial charge in [0.1, 0.15) is 6.10 Å². The van der Waals surface area contributed by atoms with Gasteiger partial charge in [-0.3, -0.25) is 9.59 Å². The maximum Gasteiger partial charge on any atom is 0.407 e. The van der Waals surface area contributed by atoms with Gasteiger partial charge in [-0.05, 0) is 91.3 Å². The minimum atomic E-state index is -0.995. The summed E-state index contributed by atoms with van der Waals surface area (Å²) in [6.07, 6.45) is 15.8. The van der Waals surface area contributed by atoms with Gasteiger partial charge in [-0.25, -0.2) is 4.79 Å². The molecule has 0 aliphatic heterocycles. The maximum atomic E-state index is 12.7. The maximum absolute atomic E-state index is 12.7. The number of allylic oxidation sites excluding steroid dienone is 1. The fraction of sp³-hybridized carbons (Fsp3) is 0.896. The highest BCUT2D eigenvalue weighted by Gasteiger charge is 2.59. The number of carbonyl (C=O) groups excluding carboxylic acids is 2. The predicted molar refractivity (Wildman–Crippen MR) is 237 cm³/mol. The monoisotopic (exact) mass is 881 g/mol. The molecule has 0 aromatic rings. The van der Waals surface area contributed by atoms with Gasteiger partial charge < -0.3 is 53.6 Å². The van der Waals surface area contributed by atoms with E-state index in [0.29, 0.717) is 111 Å². The first kappa shape index (κ1) is 52.3. The van der Waals surface area contributed by atoms with Crippen molar-refractivity contribution in [3.8, 4) is 0 Å². The van der Waals surface area contributed by atoms with Crippen LogP contribution in [0.5, 0.6) is 0 Å². The Bertz CT molecular complexity index is 1330. The molecule has 3 unspecified atom stereocenters. The van der Waals surface area contributed by atoms with Gasteiger partial charge in [0, 0.05) is 25.9 Å². The number of amides is 2. The highest BCUT2D eigenvalue weighted by atomic mass is 16.6. The van der Waals surface area contributed by atoms with Gasteiger partial charge in [0.25, 0.3) is 0 Å². The molecule has 0 bridgehead atoms. The SMILES string of the molecule is CC(C)CCC[C@@H](C)[C@H]1CCC2C3CC=C4C[C@@H](OC(=O)NCCOCCOCCOCCOCCOCCOCCOCCNC(=O)CCC(=O)O)CC[C@]4(C)C3CC[C@@]21C. The molecule has 0 heterocycles. The van der Waals surface area contributed by atoms with E-state index < -0.39 is 5.97 Å². The van der Waals surface area contributed by atoms with Gasteiger partial charge in [0.05, 0.1) is 98.9 Å². The number of carboxylic acids is 1. The van der Waals surface area contributed by atoms with Crippen LogP contribution in [0.3, 0.4) is 0 Å². The summed E-state index contributed by atoms with van der Waals surface area (Å²) >= 11 is 0. The molecule has 0 radical (unpaired) electrons. The number of ether oxygens (including phenoxy) is 8. The molecule has 14 heteroatoms. The standard InChI is InChI=1S/C48H84N2O12/c1-36(2)7-6-8-37(3)41-11-12-42-40-10-9-38-35-39(15-17-47(38,4)43(40)16-18-48(41,42)5)62-46(54)50-20-22-56-24-26-58-28-30-60-32-34-61-33-31-59-29-27-57-25-23-55-21-19-49-44(51)13-14-45(52)53/h9,36-37,39-43H,6-8,10-35H2,1-5H3,(H,49,51)(H,50,54)(H,52,53)/t37-,39+,40?,41-,42?,43?,47+,48-/m1/s1. The second-order valence-corrected chi connectivity index (χ2v) is 19.0. The average Bonchev–Trinajstić information content (AvgIpc) is 3.60. The normalized spacial score (nSPS) is 27.2. The third-order valence-electron chi connectivity index (χ3n) is 14.4. The van der Waals surface area contributed by atoms with Crippen LogP contribution in [-0.4, -0.2) is 135 Å². The molecular formula is C48H84N2O12. The Morgan fingerprint density at radius 1 is 0.677 bits per heavy atom. The lowest BCUT2D eigenvalue weighted by molar-refractivity contribution is -0.138. The van der Waals surface area contributed by atoms with E-state index in [2.05, 4.69) is 51.3 Å². The highest BCUT2D eigenvalue weighted by Crippen LogP contribution is 2.67. The molecule has 358 valence electrons. The lowest BCUT2D eigenvalue weighted by atomic mass is 9.47. The fourth-order valence-electron chi connectivity index (χ4n) is 11.2. The van der Waals surface area contributed by atoms with Gasteiger partial charge >= 0.3 is 12.1 Å². The Hall–Kier alpha value is -2.33. The van der Waals surface area contributed by atoms with Crippen LogP contribution in [0.25, 0.3) is 0 Å². The van der Waals surface area contributed by atoms with Gasteiger partial charge in [-0.15, -0.1) is 0 Å². The molecule has 62 heavy (non-hydrogen) atoms. The summed E-state index contributed by atoms with van der Waals surface area (Å²) in [5.74, 6) is 3.65. The quantitative estimate of drug-likeness (QED) is 0.0448.